The van der Waals surface area contributed by atoms with Gasteiger partial charge in [0.1, 0.15) is 10.7 Å². The van der Waals surface area contributed by atoms with Crippen LogP contribution in [0.5, 0.6) is 0 Å². The van der Waals surface area contributed by atoms with Gasteiger partial charge < -0.3 is 0 Å². The Hall–Kier alpha value is -2.86. The summed E-state index contributed by atoms with van der Waals surface area (Å²) < 4.78 is 105. The molecule has 0 aliphatic carbocycles. The SMILES string of the molecule is NS(=O)(=O)c1ccccc1-n1nc(C(F)(F)F)cc1-c1c(F)ccc(F)c1F. The minimum absolute atomic E-state index is 0.279. The number of nitrogens with zero attached hydrogens (tertiary/aromatic N) is 2. The van der Waals surface area contributed by atoms with Crippen molar-refractivity contribution >= 4 is 10.0 Å². The maximum Gasteiger partial charge on any atom is 0.435 e. The van der Waals surface area contributed by atoms with Gasteiger partial charge in [0.05, 0.1) is 16.9 Å². The highest BCUT2D eigenvalue weighted by Crippen LogP contribution is 2.36. The molecular weight excluding hydrogens is 412 g/mol. The molecule has 0 spiro atoms. The molecule has 1 aromatic heterocycles. The Morgan fingerprint density at radius 1 is 0.964 bits per heavy atom. The number of primary sulfonamides is 1. The quantitative estimate of drug-likeness (QED) is 0.518. The molecule has 1 heterocycles. The Morgan fingerprint density at radius 2 is 1.57 bits per heavy atom. The maximum atomic E-state index is 14.2. The minimum atomic E-state index is -5.03. The maximum absolute atomic E-state index is 14.2. The Balaban J connectivity index is 2.43. The average Bonchev–Trinajstić information content (AvgIpc) is 3.03. The van der Waals surface area contributed by atoms with E-state index in [9.17, 15) is 34.8 Å². The number of alkyl halides is 3. The molecule has 0 radical (unpaired) electrons. The molecule has 0 unspecified atom stereocenters. The van der Waals surface area contributed by atoms with E-state index in [0.29, 0.717) is 16.8 Å². The molecule has 2 N–H and O–H groups in total. The fraction of sp³-hybridized carbons (Fsp3) is 0.0625. The number of halogens is 6. The fourth-order valence-electron chi connectivity index (χ4n) is 2.52. The van der Waals surface area contributed by atoms with E-state index < -0.39 is 61.2 Å². The lowest BCUT2D eigenvalue weighted by molar-refractivity contribution is -0.141. The molecule has 5 nitrogen and oxygen atoms in total. The third kappa shape index (κ3) is 3.47. The van der Waals surface area contributed by atoms with Gasteiger partial charge in [-0.1, -0.05) is 12.1 Å². The molecule has 0 bridgehead atoms. The van der Waals surface area contributed by atoms with E-state index in [4.69, 9.17) is 5.14 Å². The first-order valence-electron chi connectivity index (χ1n) is 7.34. The van der Waals surface area contributed by atoms with Gasteiger partial charge in [0, 0.05) is 0 Å². The van der Waals surface area contributed by atoms with Gasteiger partial charge in [-0.25, -0.2) is 31.4 Å². The van der Waals surface area contributed by atoms with Gasteiger partial charge in [-0.3, -0.25) is 0 Å². The van der Waals surface area contributed by atoms with Crippen LogP contribution in [0.15, 0.2) is 47.4 Å². The molecule has 3 rings (SSSR count). The van der Waals surface area contributed by atoms with E-state index in [0.717, 1.165) is 12.1 Å². The third-order valence-corrected chi connectivity index (χ3v) is 4.66. The van der Waals surface area contributed by atoms with Crippen molar-refractivity contribution in [2.75, 3.05) is 0 Å². The van der Waals surface area contributed by atoms with Crippen LogP contribution in [0, 0.1) is 17.5 Å². The number of para-hydroxylation sites is 1. The van der Waals surface area contributed by atoms with E-state index in [1.165, 1.54) is 12.1 Å². The Kier molecular flexibility index (Phi) is 4.71. The number of rotatable bonds is 3. The summed E-state index contributed by atoms with van der Waals surface area (Å²) >= 11 is 0. The zero-order valence-corrected chi connectivity index (χ0v) is 14.3. The molecule has 0 aliphatic heterocycles. The monoisotopic (exact) mass is 421 g/mol. The van der Waals surface area contributed by atoms with Gasteiger partial charge in [0.15, 0.2) is 17.3 Å². The van der Waals surface area contributed by atoms with Gasteiger partial charge >= 0.3 is 6.18 Å². The van der Waals surface area contributed by atoms with E-state index in [1.807, 2.05) is 0 Å². The highest BCUT2D eigenvalue weighted by molar-refractivity contribution is 7.89. The van der Waals surface area contributed by atoms with Crippen molar-refractivity contribution in [3.05, 3.63) is 65.6 Å². The largest absolute Gasteiger partial charge is 0.435 e. The van der Waals surface area contributed by atoms with Gasteiger partial charge in [-0.2, -0.15) is 18.3 Å². The molecule has 2 aromatic carbocycles. The van der Waals surface area contributed by atoms with Crippen LogP contribution in [0.1, 0.15) is 5.69 Å². The zero-order valence-electron chi connectivity index (χ0n) is 13.5. The third-order valence-electron chi connectivity index (χ3n) is 3.70. The van der Waals surface area contributed by atoms with Gasteiger partial charge in [0.25, 0.3) is 0 Å². The number of nitrogens with two attached hydrogens (primary N) is 1. The lowest BCUT2D eigenvalue weighted by Gasteiger charge is -2.12. The summed E-state index contributed by atoms with van der Waals surface area (Å²) in [6, 6.07) is 5.75. The fourth-order valence-corrected chi connectivity index (χ4v) is 3.23. The molecule has 0 aliphatic rings. The number of hydrogen-bond donors (Lipinski definition) is 1. The molecule has 0 saturated carbocycles. The number of benzene rings is 2. The van der Waals surface area contributed by atoms with Crippen LogP contribution in [0.2, 0.25) is 0 Å². The van der Waals surface area contributed by atoms with E-state index in [2.05, 4.69) is 5.10 Å². The number of aromatic nitrogens is 2. The van der Waals surface area contributed by atoms with Crippen molar-refractivity contribution in [2.24, 2.45) is 5.14 Å². The smallest absolute Gasteiger partial charge is 0.231 e. The predicted octanol–water partition coefficient (Wildman–Crippen LogP) is 3.62. The molecule has 0 atom stereocenters. The molecule has 3 aromatic rings. The van der Waals surface area contributed by atoms with E-state index in [-0.39, 0.29) is 6.07 Å². The van der Waals surface area contributed by atoms with Crippen molar-refractivity contribution in [3.8, 4) is 16.9 Å². The molecule has 12 heteroatoms. The first-order chi connectivity index (χ1) is 12.9. The molecule has 28 heavy (non-hydrogen) atoms. The van der Waals surface area contributed by atoms with Gasteiger partial charge in [-0.15, -0.1) is 0 Å². The van der Waals surface area contributed by atoms with Crippen molar-refractivity contribution in [2.45, 2.75) is 11.1 Å². The van der Waals surface area contributed by atoms with E-state index >= 15 is 0 Å². The highest BCUT2D eigenvalue weighted by atomic mass is 32.2. The van der Waals surface area contributed by atoms with Crippen molar-refractivity contribution in [1.29, 1.82) is 0 Å². The lowest BCUT2D eigenvalue weighted by Crippen LogP contribution is -2.16. The number of hydrogen-bond acceptors (Lipinski definition) is 3. The Morgan fingerprint density at radius 3 is 2.18 bits per heavy atom. The standard InChI is InChI=1S/C16H9F6N3O2S/c17-8-5-6-9(18)15(19)14(8)11-7-13(16(20,21)22)24-25(11)10-3-1-2-4-12(10)28(23,26)27/h1-7H,(H2,23,26,27). The van der Waals surface area contributed by atoms with E-state index in [1.54, 1.807) is 0 Å². The second-order valence-electron chi connectivity index (χ2n) is 5.56. The summed E-state index contributed by atoms with van der Waals surface area (Å²) in [6.45, 7) is 0. The van der Waals surface area contributed by atoms with Crippen molar-refractivity contribution in [3.63, 3.8) is 0 Å². The molecule has 148 valence electrons. The summed E-state index contributed by atoms with van der Waals surface area (Å²) in [7, 11) is -4.44. The Bertz CT molecular complexity index is 1170. The normalized spacial score (nSPS) is 12.4. The van der Waals surface area contributed by atoms with Crippen LogP contribution >= 0.6 is 0 Å². The molecule has 0 amide bonds. The topological polar surface area (TPSA) is 78.0 Å². The summed E-state index contributed by atoms with van der Waals surface area (Å²) in [5.41, 5.74) is -4.07. The Labute approximate surface area is 154 Å². The van der Waals surface area contributed by atoms with Gasteiger partial charge in [-0.05, 0) is 30.3 Å². The molecule has 0 saturated heterocycles. The highest BCUT2D eigenvalue weighted by Gasteiger charge is 2.37. The van der Waals surface area contributed by atoms with Crippen LogP contribution in [-0.2, 0) is 16.2 Å². The summed E-state index contributed by atoms with van der Waals surface area (Å²) in [5.74, 6) is -4.65. The van der Waals surface area contributed by atoms with Crippen LogP contribution in [-0.4, -0.2) is 18.2 Å². The summed E-state index contributed by atoms with van der Waals surface area (Å²) in [6.07, 6.45) is -5.03. The minimum Gasteiger partial charge on any atom is -0.231 e. The second kappa shape index (κ2) is 6.63. The zero-order chi connectivity index (χ0) is 20.9. The van der Waals surface area contributed by atoms with Crippen molar-refractivity contribution < 1.29 is 34.8 Å². The molecular formula is C16H9F6N3O2S. The first kappa shape index (κ1) is 19.9. The first-order valence-corrected chi connectivity index (χ1v) is 8.89. The number of sulfonamides is 1. The summed E-state index contributed by atoms with van der Waals surface area (Å²) in [5, 5.41) is 8.29. The average molecular weight is 421 g/mol. The predicted molar refractivity (Wildman–Crippen MR) is 85.2 cm³/mol. The molecule has 0 fully saturated rings. The van der Waals surface area contributed by atoms with Crippen molar-refractivity contribution in [1.82, 2.24) is 9.78 Å². The van der Waals surface area contributed by atoms with Crippen LogP contribution in [0.3, 0.4) is 0 Å². The summed E-state index contributed by atoms with van der Waals surface area (Å²) in [4.78, 5) is -0.648. The van der Waals surface area contributed by atoms with Crippen LogP contribution in [0.25, 0.3) is 16.9 Å². The van der Waals surface area contributed by atoms with Crippen LogP contribution in [0.4, 0.5) is 26.3 Å². The second-order valence-corrected chi connectivity index (χ2v) is 7.09. The van der Waals surface area contributed by atoms with Gasteiger partial charge in [0.2, 0.25) is 10.0 Å². The lowest BCUT2D eigenvalue weighted by atomic mass is 10.1. The van der Waals surface area contributed by atoms with Crippen LogP contribution < -0.4 is 5.14 Å².